The molecule has 4 nitrogen and oxygen atoms in total. The number of pyridine rings is 1. The van der Waals surface area contributed by atoms with Gasteiger partial charge in [-0.2, -0.15) is 0 Å². The molecule has 0 aliphatic carbocycles. The van der Waals surface area contributed by atoms with Gasteiger partial charge in [-0.3, -0.25) is 9.78 Å². The first kappa shape index (κ1) is 16.5. The Balaban J connectivity index is 1.74. The monoisotopic (exact) mass is 344 g/mol. The van der Waals surface area contributed by atoms with Crippen LogP contribution >= 0.6 is 0 Å². The summed E-state index contributed by atoms with van der Waals surface area (Å²) < 4.78 is 0. The van der Waals surface area contributed by atoms with Gasteiger partial charge in [0.15, 0.2) is 0 Å². The van der Waals surface area contributed by atoms with Crippen LogP contribution in [0.5, 0.6) is 0 Å². The molecule has 0 saturated heterocycles. The van der Waals surface area contributed by atoms with Crippen molar-refractivity contribution < 1.29 is 9.90 Å². The van der Waals surface area contributed by atoms with Gasteiger partial charge < -0.3 is 10.0 Å². The maximum absolute atomic E-state index is 13.3. The minimum atomic E-state index is -0.666. The smallest absolute Gasteiger partial charge is 0.256 e. The lowest BCUT2D eigenvalue weighted by Crippen LogP contribution is -2.38. The summed E-state index contributed by atoms with van der Waals surface area (Å²) in [6.07, 6.45) is 1.07. The molecule has 4 rings (SSSR count). The summed E-state index contributed by atoms with van der Waals surface area (Å²) >= 11 is 0. The zero-order chi connectivity index (χ0) is 18.1. The van der Waals surface area contributed by atoms with Crippen molar-refractivity contribution in [3.05, 3.63) is 89.2 Å². The molecule has 0 unspecified atom stereocenters. The number of hydrogen-bond donors (Lipinski definition) is 1. The lowest BCUT2D eigenvalue weighted by Gasteiger charge is -2.33. The van der Waals surface area contributed by atoms with Gasteiger partial charge in [0.1, 0.15) is 0 Å². The number of hydrogen-bond acceptors (Lipinski definition) is 3. The van der Waals surface area contributed by atoms with E-state index in [1.807, 2.05) is 67.6 Å². The van der Waals surface area contributed by atoms with E-state index in [1.165, 1.54) is 0 Å². The van der Waals surface area contributed by atoms with E-state index in [4.69, 9.17) is 0 Å². The Morgan fingerprint density at radius 1 is 1.08 bits per heavy atom. The molecule has 130 valence electrons. The second-order valence-electron chi connectivity index (χ2n) is 6.59. The van der Waals surface area contributed by atoms with Crippen LogP contribution in [-0.2, 0) is 6.54 Å². The Bertz CT molecular complexity index is 953. The molecule has 1 aliphatic heterocycles. The molecule has 0 spiro atoms. The molecule has 1 aliphatic rings. The molecule has 3 aromatic rings. The minimum absolute atomic E-state index is 0.0944. The number of aryl methyl sites for hydroxylation is 1. The van der Waals surface area contributed by atoms with Gasteiger partial charge in [-0.25, -0.2) is 0 Å². The summed E-state index contributed by atoms with van der Waals surface area (Å²) in [7, 11) is 0. The van der Waals surface area contributed by atoms with Gasteiger partial charge in [-0.05, 0) is 35.2 Å². The number of aromatic nitrogens is 1. The zero-order valence-electron chi connectivity index (χ0n) is 14.6. The van der Waals surface area contributed by atoms with Crippen LogP contribution in [0.4, 0.5) is 0 Å². The van der Waals surface area contributed by atoms with Crippen LogP contribution in [0.15, 0.2) is 66.9 Å². The second-order valence-corrected chi connectivity index (χ2v) is 6.59. The first-order chi connectivity index (χ1) is 12.6. The second kappa shape index (κ2) is 6.73. The maximum atomic E-state index is 13.3. The molecule has 0 radical (unpaired) electrons. The summed E-state index contributed by atoms with van der Waals surface area (Å²) in [5.74, 6) is -0.0944. The number of fused-ring (bicyclic) bond motifs is 1. The number of carbonyl (C=O) groups is 1. The van der Waals surface area contributed by atoms with E-state index >= 15 is 0 Å². The van der Waals surface area contributed by atoms with Gasteiger partial charge in [0.2, 0.25) is 0 Å². The summed E-state index contributed by atoms with van der Waals surface area (Å²) in [6, 6.07) is 19.5. The molecule has 1 atom stereocenters. The van der Waals surface area contributed by atoms with E-state index in [1.54, 1.807) is 11.1 Å². The quantitative estimate of drug-likeness (QED) is 0.770. The third-order valence-corrected chi connectivity index (χ3v) is 4.90. The molecule has 26 heavy (non-hydrogen) atoms. The number of carbonyl (C=O) groups excluding carboxylic acids is 1. The Labute approximate surface area is 152 Å². The number of rotatable bonds is 2. The van der Waals surface area contributed by atoms with E-state index in [0.717, 1.165) is 22.3 Å². The number of aliphatic hydroxyl groups excluding tert-OH is 1. The van der Waals surface area contributed by atoms with Gasteiger partial charge in [-0.1, -0.05) is 54.6 Å². The molecular formula is C22H20N2O2. The van der Waals surface area contributed by atoms with Crippen LogP contribution in [0.2, 0.25) is 0 Å². The molecule has 0 bridgehead atoms. The average Bonchev–Trinajstić information content (AvgIpc) is 2.68. The van der Waals surface area contributed by atoms with E-state index in [9.17, 15) is 9.90 Å². The zero-order valence-corrected chi connectivity index (χ0v) is 14.6. The van der Waals surface area contributed by atoms with Crippen molar-refractivity contribution in [2.24, 2.45) is 0 Å². The Kier molecular flexibility index (Phi) is 4.27. The summed E-state index contributed by atoms with van der Waals surface area (Å²) in [5.41, 5.74) is 5.05. The number of nitrogens with zero attached hydrogens (tertiary/aromatic N) is 2. The van der Waals surface area contributed by atoms with Crippen LogP contribution < -0.4 is 0 Å². The van der Waals surface area contributed by atoms with Crippen molar-refractivity contribution in [3.8, 4) is 11.1 Å². The average molecular weight is 344 g/mol. The van der Waals surface area contributed by atoms with E-state index in [2.05, 4.69) is 4.98 Å². The third kappa shape index (κ3) is 2.89. The highest BCUT2D eigenvalue weighted by atomic mass is 16.3. The third-order valence-electron chi connectivity index (χ3n) is 4.90. The fourth-order valence-corrected chi connectivity index (χ4v) is 3.59. The van der Waals surface area contributed by atoms with E-state index < -0.39 is 6.10 Å². The van der Waals surface area contributed by atoms with Crippen molar-refractivity contribution in [2.45, 2.75) is 19.6 Å². The summed E-state index contributed by atoms with van der Waals surface area (Å²) in [6.45, 7) is 2.64. The minimum Gasteiger partial charge on any atom is -0.387 e. The highest BCUT2D eigenvalue weighted by Gasteiger charge is 2.29. The number of β-amino-alcohol motifs (C(OH)–C–C–N with tert-alkyl or cyclic N) is 1. The number of aliphatic hydroxyl groups is 1. The molecule has 1 aromatic heterocycles. The van der Waals surface area contributed by atoms with Gasteiger partial charge >= 0.3 is 0 Å². The number of amides is 1. The van der Waals surface area contributed by atoms with Gasteiger partial charge in [0.05, 0.1) is 23.9 Å². The number of benzene rings is 2. The van der Waals surface area contributed by atoms with Crippen molar-refractivity contribution in [2.75, 3.05) is 6.54 Å². The highest BCUT2D eigenvalue weighted by molar-refractivity contribution is 6.01. The lowest BCUT2D eigenvalue weighted by atomic mass is 9.94. The molecule has 2 heterocycles. The topological polar surface area (TPSA) is 53.4 Å². The van der Waals surface area contributed by atoms with E-state index in [-0.39, 0.29) is 5.91 Å². The highest BCUT2D eigenvalue weighted by Crippen LogP contribution is 2.31. The largest absolute Gasteiger partial charge is 0.387 e. The summed E-state index contributed by atoms with van der Waals surface area (Å²) in [5, 5.41) is 10.5. The summed E-state index contributed by atoms with van der Waals surface area (Å²) in [4.78, 5) is 19.4. The van der Waals surface area contributed by atoms with Crippen molar-refractivity contribution in [1.29, 1.82) is 0 Å². The van der Waals surface area contributed by atoms with Crippen LogP contribution in [0.1, 0.15) is 33.3 Å². The molecule has 1 N–H and O–H groups in total. The molecule has 2 aromatic carbocycles. The fourth-order valence-electron chi connectivity index (χ4n) is 3.59. The van der Waals surface area contributed by atoms with Gasteiger partial charge in [0.25, 0.3) is 5.91 Å². The first-order valence-corrected chi connectivity index (χ1v) is 8.71. The van der Waals surface area contributed by atoms with Crippen LogP contribution in [0.3, 0.4) is 0 Å². The maximum Gasteiger partial charge on any atom is 0.256 e. The first-order valence-electron chi connectivity index (χ1n) is 8.71. The molecule has 4 heteroatoms. The SMILES string of the molecule is Cc1nccc(-c2ccccc2)c1C(=O)N1Cc2ccccc2[C@H](O)C1. The fraction of sp³-hybridized carbons (Fsp3) is 0.182. The molecular weight excluding hydrogens is 324 g/mol. The van der Waals surface area contributed by atoms with Crippen LogP contribution in [-0.4, -0.2) is 27.4 Å². The Morgan fingerprint density at radius 2 is 1.81 bits per heavy atom. The normalized spacial score (nSPS) is 16.2. The van der Waals surface area contributed by atoms with Crippen molar-refractivity contribution >= 4 is 5.91 Å². The van der Waals surface area contributed by atoms with Crippen molar-refractivity contribution in [3.63, 3.8) is 0 Å². The Hall–Kier alpha value is -2.98. The van der Waals surface area contributed by atoms with Crippen LogP contribution in [0.25, 0.3) is 11.1 Å². The standard InChI is InChI=1S/C22H20N2O2/c1-15-21(19(11-12-23-15)16-7-3-2-4-8-16)22(26)24-13-17-9-5-6-10-18(17)20(25)14-24/h2-12,20,25H,13-14H2,1H3/t20-/m1/s1. The molecule has 0 saturated carbocycles. The van der Waals surface area contributed by atoms with E-state index in [0.29, 0.717) is 24.3 Å². The van der Waals surface area contributed by atoms with Crippen molar-refractivity contribution in [1.82, 2.24) is 9.88 Å². The van der Waals surface area contributed by atoms with Gasteiger partial charge in [0, 0.05) is 12.7 Å². The Morgan fingerprint density at radius 3 is 2.62 bits per heavy atom. The predicted molar refractivity (Wildman–Crippen MR) is 101 cm³/mol. The predicted octanol–water partition coefficient (Wildman–Crippen LogP) is 3.75. The van der Waals surface area contributed by atoms with Gasteiger partial charge in [-0.15, -0.1) is 0 Å². The van der Waals surface area contributed by atoms with Crippen LogP contribution in [0, 0.1) is 6.92 Å². The lowest BCUT2D eigenvalue weighted by molar-refractivity contribution is 0.0549. The molecule has 0 fully saturated rings. The molecule has 1 amide bonds.